The maximum atomic E-state index is 6.13. The van der Waals surface area contributed by atoms with Crippen LogP contribution in [0.4, 0.5) is 0 Å². The summed E-state index contributed by atoms with van der Waals surface area (Å²) in [6.45, 7) is 2.88. The van der Waals surface area contributed by atoms with E-state index in [1.54, 1.807) is 0 Å². The number of piperidine rings is 2. The van der Waals surface area contributed by atoms with Crippen LogP contribution in [0.15, 0.2) is 4.52 Å². The molecule has 2 N–H and O–H groups in total. The Balaban J connectivity index is 1.61. The molecule has 2 atom stereocenters. The number of aromatic nitrogens is 2. The Hall–Kier alpha value is -0.940. The van der Waals surface area contributed by atoms with Crippen molar-refractivity contribution in [2.45, 2.75) is 63.6 Å². The van der Waals surface area contributed by atoms with Gasteiger partial charge in [-0.1, -0.05) is 11.6 Å². The van der Waals surface area contributed by atoms with Crippen LogP contribution in [0.25, 0.3) is 0 Å². The summed E-state index contributed by atoms with van der Waals surface area (Å²) in [4.78, 5) is 6.91. The van der Waals surface area contributed by atoms with Gasteiger partial charge < -0.3 is 10.3 Å². The van der Waals surface area contributed by atoms with Crippen LogP contribution < -0.4 is 5.73 Å². The molecule has 0 aliphatic carbocycles. The highest BCUT2D eigenvalue weighted by molar-refractivity contribution is 4.95. The second-order valence-corrected chi connectivity index (χ2v) is 5.69. The monoisotopic (exact) mass is 250 g/mol. The molecule has 5 nitrogen and oxygen atoms in total. The Bertz CT molecular complexity index is 391. The van der Waals surface area contributed by atoms with E-state index in [0.29, 0.717) is 24.0 Å². The molecule has 0 amide bonds. The molecule has 1 aromatic heterocycles. The van der Waals surface area contributed by atoms with Gasteiger partial charge in [0, 0.05) is 38.0 Å². The summed E-state index contributed by atoms with van der Waals surface area (Å²) in [5, 5.41) is 3.97. The molecule has 3 heterocycles. The minimum Gasteiger partial charge on any atom is -0.340 e. The van der Waals surface area contributed by atoms with Gasteiger partial charge in [0.05, 0.1) is 0 Å². The predicted molar refractivity (Wildman–Crippen MR) is 68.1 cm³/mol. The number of rotatable bonds is 3. The van der Waals surface area contributed by atoms with Crippen molar-refractivity contribution >= 4 is 0 Å². The molecule has 2 fully saturated rings. The Morgan fingerprint density at radius 1 is 1.33 bits per heavy atom. The number of nitrogens with two attached hydrogens (primary N) is 1. The Labute approximate surface area is 108 Å². The summed E-state index contributed by atoms with van der Waals surface area (Å²) >= 11 is 0. The minimum absolute atomic E-state index is 0.406. The second kappa shape index (κ2) is 4.97. The van der Waals surface area contributed by atoms with Gasteiger partial charge in [-0.2, -0.15) is 4.98 Å². The maximum Gasteiger partial charge on any atom is 0.223 e. The summed E-state index contributed by atoms with van der Waals surface area (Å²) in [7, 11) is 0. The molecule has 3 rings (SSSR count). The topological polar surface area (TPSA) is 68.2 Å². The van der Waals surface area contributed by atoms with Crippen molar-refractivity contribution in [3.63, 3.8) is 0 Å². The third-order valence-electron chi connectivity index (χ3n) is 4.33. The number of hydrogen-bond donors (Lipinski definition) is 1. The zero-order valence-electron chi connectivity index (χ0n) is 11.0. The van der Waals surface area contributed by atoms with E-state index in [2.05, 4.69) is 15.0 Å². The molecule has 2 saturated heterocycles. The van der Waals surface area contributed by atoms with Gasteiger partial charge in [-0.25, -0.2) is 0 Å². The Kier molecular flexibility index (Phi) is 3.35. The SMILES string of the molecule is Cc1nc(CCN2C3CCCC2CC(N)C3)no1. The molecule has 2 bridgehead atoms. The normalized spacial score (nSPS) is 32.7. The van der Waals surface area contributed by atoms with E-state index in [-0.39, 0.29) is 0 Å². The van der Waals surface area contributed by atoms with Gasteiger partial charge in [-0.15, -0.1) is 0 Å². The summed E-state index contributed by atoms with van der Waals surface area (Å²) in [6.07, 6.45) is 7.16. The van der Waals surface area contributed by atoms with Crippen LogP contribution in [0.3, 0.4) is 0 Å². The maximum absolute atomic E-state index is 6.13. The first-order valence-electron chi connectivity index (χ1n) is 7.03. The van der Waals surface area contributed by atoms with Crippen LogP contribution in [-0.4, -0.2) is 39.7 Å². The van der Waals surface area contributed by atoms with Gasteiger partial charge in [-0.3, -0.25) is 4.90 Å². The number of fused-ring (bicyclic) bond motifs is 2. The van der Waals surface area contributed by atoms with Crippen molar-refractivity contribution in [1.29, 1.82) is 0 Å². The summed E-state index contributed by atoms with van der Waals surface area (Å²) in [6, 6.07) is 1.77. The molecule has 0 spiro atoms. The quantitative estimate of drug-likeness (QED) is 0.874. The first-order chi connectivity index (χ1) is 8.72. The highest BCUT2D eigenvalue weighted by Gasteiger charge is 2.36. The molecule has 0 saturated carbocycles. The van der Waals surface area contributed by atoms with Gasteiger partial charge in [0.25, 0.3) is 0 Å². The molecule has 1 aromatic rings. The van der Waals surface area contributed by atoms with E-state index in [4.69, 9.17) is 10.3 Å². The first kappa shape index (κ1) is 12.1. The summed E-state index contributed by atoms with van der Waals surface area (Å²) < 4.78 is 5.02. The standard InChI is InChI=1S/C13H22N4O/c1-9-15-13(16-18-9)5-6-17-11-3-2-4-12(17)8-10(14)7-11/h10-12H,2-8,14H2,1H3. The van der Waals surface area contributed by atoms with E-state index in [0.717, 1.165) is 31.6 Å². The van der Waals surface area contributed by atoms with E-state index in [1.807, 2.05) is 6.92 Å². The van der Waals surface area contributed by atoms with Gasteiger partial charge in [0.15, 0.2) is 5.82 Å². The molecule has 2 aliphatic rings. The average molecular weight is 250 g/mol. The van der Waals surface area contributed by atoms with Gasteiger partial charge >= 0.3 is 0 Å². The van der Waals surface area contributed by atoms with E-state index in [9.17, 15) is 0 Å². The third kappa shape index (κ3) is 2.42. The van der Waals surface area contributed by atoms with Crippen molar-refractivity contribution in [1.82, 2.24) is 15.0 Å². The van der Waals surface area contributed by atoms with Crippen LogP contribution in [0.5, 0.6) is 0 Å². The van der Waals surface area contributed by atoms with Crippen molar-refractivity contribution in [2.24, 2.45) is 5.73 Å². The molecular weight excluding hydrogens is 228 g/mol. The largest absolute Gasteiger partial charge is 0.340 e. The van der Waals surface area contributed by atoms with Gasteiger partial charge in [0.1, 0.15) is 0 Å². The average Bonchev–Trinajstić information content (AvgIpc) is 2.72. The van der Waals surface area contributed by atoms with Crippen LogP contribution in [-0.2, 0) is 6.42 Å². The second-order valence-electron chi connectivity index (χ2n) is 5.69. The zero-order chi connectivity index (χ0) is 12.5. The lowest BCUT2D eigenvalue weighted by atomic mass is 9.82. The minimum atomic E-state index is 0.406. The third-order valence-corrected chi connectivity index (χ3v) is 4.33. The van der Waals surface area contributed by atoms with E-state index in [1.165, 1.54) is 19.3 Å². The molecule has 0 aromatic carbocycles. The Morgan fingerprint density at radius 3 is 2.67 bits per heavy atom. The number of aryl methyl sites for hydroxylation is 1. The van der Waals surface area contributed by atoms with Gasteiger partial charge in [-0.05, 0) is 25.7 Å². The lowest BCUT2D eigenvalue weighted by Crippen LogP contribution is -2.55. The lowest BCUT2D eigenvalue weighted by molar-refractivity contribution is 0.0322. The molecule has 2 unspecified atom stereocenters. The van der Waals surface area contributed by atoms with Gasteiger partial charge in [0.2, 0.25) is 5.89 Å². The number of nitrogens with zero attached hydrogens (tertiary/aromatic N) is 3. The fraction of sp³-hybridized carbons (Fsp3) is 0.846. The summed E-state index contributed by atoms with van der Waals surface area (Å²) in [5.41, 5.74) is 6.13. The highest BCUT2D eigenvalue weighted by Crippen LogP contribution is 2.33. The van der Waals surface area contributed by atoms with Crippen molar-refractivity contribution in [2.75, 3.05) is 6.54 Å². The zero-order valence-corrected chi connectivity index (χ0v) is 11.0. The van der Waals surface area contributed by atoms with Crippen molar-refractivity contribution in [3.05, 3.63) is 11.7 Å². The summed E-state index contributed by atoms with van der Waals surface area (Å²) in [5.74, 6) is 1.49. The predicted octanol–water partition coefficient (Wildman–Crippen LogP) is 1.26. The van der Waals surface area contributed by atoms with Crippen LogP contribution in [0, 0.1) is 6.92 Å². The smallest absolute Gasteiger partial charge is 0.223 e. The van der Waals surface area contributed by atoms with Crippen LogP contribution in [0.1, 0.15) is 43.8 Å². The van der Waals surface area contributed by atoms with E-state index >= 15 is 0 Å². The first-order valence-corrected chi connectivity index (χ1v) is 7.03. The van der Waals surface area contributed by atoms with E-state index < -0.39 is 0 Å². The Morgan fingerprint density at radius 2 is 2.06 bits per heavy atom. The lowest BCUT2D eigenvalue weighted by Gasteiger charge is -2.48. The molecule has 18 heavy (non-hydrogen) atoms. The molecule has 2 aliphatic heterocycles. The molecular formula is C13H22N4O. The van der Waals surface area contributed by atoms with Crippen LogP contribution >= 0.6 is 0 Å². The van der Waals surface area contributed by atoms with Crippen molar-refractivity contribution in [3.8, 4) is 0 Å². The fourth-order valence-corrected chi connectivity index (χ4v) is 3.56. The highest BCUT2D eigenvalue weighted by atomic mass is 16.5. The van der Waals surface area contributed by atoms with Crippen LogP contribution in [0.2, 0.25) is 0 Å². The number of hydrogen-bond acceptors (Lipinski definition) is 5. The molecule has 100 valence electrons. The molecule has 5 heteroatoms. The van der Waals surface area contributed by atoms with Crippen molar-refractivity contribution < 1.29 is 4.52 Å². The fourth-order valence-electron chi connectivity index (χ4n) is 3.56. The molecule has 0 radical (unpaired) electrons.